The highest BCUT2D eigenvalue weighted by atomic mass is 32.2. The lowest BCUT2D eigenvalue weighted by Gasteiger charge is -2.34. The second-order valence-electron chi connectivity index (χ2n) is 8.45. The number of ether oxygens (including phenoxy) is 1. The molecule has 2 aromatic carbocycles. The molecule has 1 aliphatic heterocycles. The number of benzene rings is 2. The Bertz CT molecular complexity index is 1070. The van der Waals surface area contributed by atoms with E-state index < -0.39 is 34.3 Å². The highest BCUT2D eigenvalue weighted by Crippen LogP contribution is 2.22. The summed E-state index contributed by atoms with van der Waals surface area (Å²) >= 11 is 0. The number of halogens is 1. The van der Waals surface area contributed by atoms with Gasteiger partial charge in [-0.05, 0) is 55.2 Å². The lowest BCUT2D eigenvalue weighted by atomic mass is 10.00. The number of rotatable bonds is 10. The second kappa shape index (κ2) is 11.5. The summed E-state index contributed by atoms with van der Waals surface area (Å²) in [5.41, 5.74) is 0.472. The molecular weight excluding hydrogens is 461 g/mol. The van der Waals surface area contributed by atoms with E-state index in [2.05, 4.69) is 10.0 Å². The van der Waals surface area contributed by atoms with E-state index in [0.717, 1.165) is 37.1 Å². The third-order valence-corrected chi connectivity index (χ3v) is 6.96. The van der Waals surface area contributed by atoms with E-state index in [1.165, 1.54) is 4.90 Å². The fraction of sp³-hybridized carbons (Fsp3) is 0.417. The molecule has 2 aromatic rings. The summed E-state index contributed by atoms with van der Waals surface area (Å²) < 4.78 is 46.2. The van der Waals surface area contributed by atoms with Gasteiger partial charge in [-0.25, -0.2) is 17.5 Å². The van der Waals surface area contributed by atoms with Crippen molar-refractivity contribution < 1.29 is 27.1 Å². The maximum Gasteiger partial charge on any atom is 0.243 e. The van der Waals surface area contributed by atoms with Crippen LogP contribution in [-0.2, 0) is 24.3 Å². The van der Waals surface area contributed by atoms with Crippen molar-refractivity contribution in [2.45, 2.75) is 43.7 Å². The number of anilines is 1. The molecule has 0 radical (unpaired) electrons. The zero-order valence-corrected chi connectivity index (χ0v) is 20.1. The van der Waals surface area contributed by atoms with Gasteiger partial charge in [-0.2, -0.15) is 0 Å². The Hall–Kier alpha value is -2.82. The van der Waals surface area contributed by atoms with Crippen LogP contribution >= 0.6 is 0 Å². The van der Waals surface area contributed by atoms with Gasteiger partial charge in [0.2, 0.25) is 21.8 Å². The summed E-state index contributed by atoms with van der Waals surface area (Å²) in [6, 6.07) is 12.1. The summed E-state index contributed by atoms with van der Waals surface area (Å²) in [5, 5.41) is 2.88. The first-order valence-electron chi connectivity index (χ1n) is 11.2. The van der Waals surface area contributed by atoms with E-state index in [-0.39, 0.29) is 22.8 Å². The zero-order valence-electron chi connectivity index (χ0n) is 19.2. The summed E-state index contributed by atoms with van der Waals surface area (Å²) in [6.07, 6.45) is 1.75. The smallest absolute Gasteiger partial charge is 0.243 e. The highest BCUT2D eigenvalue weighted by Gasteiger charge is 2.34. The van der Waals surface area contributed by atoms with E-state index in [0.29, 0.717) is 18.8 Å². The first-order valence-corrected chi connectivity index (χ1v) is 12.7. The maximum absolute atomic E-state index is 13.3. The van der Waals surface area contributed by atoms with E-state index >= 15 is 0 Å². The van der Waals surface area contributed by atoms with Crippen molar-refractivity contribution in [3.8, 4) is 0 Å². The van der Waals surface area contributed by atoms with Crippen LogP contribution in [0.15, 0.2) is 59.5 Å². The van der Waals surface area contributed by atoms with Gasteiger partial charge in [-0.3, -0.25) is 14.5 Å². The SMILES string of the molecule is CC(C)[C@@H](C(=O)NC[C@@H]1CCCO1)N(C(=O)CNS(=O)(=O)c1ccc(F)cc1)c1ccccc1. The number of carbonyl (C=O) groups excluding carboxylic acids is 2. The fourth-order valence-electron chi connectivity index (χ4n) is 3.83. The number of amides is 2. The van der Waals surface area contributed by atoms with Gasteiger partial charge in [0.1, 0.15) is 11.9 Å². The first-order chi connectivity index (χ1) is 16.2. The summed E-state index contributed by atoms with van der Waals surface area (Å²) in [6.45, 7) is 4.08. The Morgan fingerprint density at radius 3 is 2.38 bits per heavy atom. The van der Waals surface area contributed by atoms with Crippen LogP contribution in [0.25, 0.3) is 0 Å². The van der Waals surface area contributed by atoms with Crippen LogP contribution < -0.4 is 14.9 Å². The van der Waals surface area contributed by atoms with Crippen molar-refractivity contribution in [3.63, 3.8) is 0 Å². The molecule has 184 valence electrons. The van der Waals surface area contributed by atoms with Crippen LogP contribution in [0.2, 0.25) is 0 Å². The molecule has 10 heteroatoms. The quantitative estimate of drug-likeness (QED) is 0.531. The van der Waals surface area contributed by atoms with Gasteiger partial charge in [0.05, 0.1) is 17.5 Å². The number of nitrogens with one attached hydrogen (secondary N) is 2. The minimum absolute atomic E-state index is 0.0554. The molecule has 0 spiro atoms. The lowest BCUT2D eigenvalue weighted by Crippen LogP contribution is -2.55. The Balaban J connectivity index is 1.80. The molecule has 0 unspecified atom stereocenters. The zero-order chi connectivity index (χ0) is 24.7. The van der Waals surface area contributed by atoms with Gasteiger partial charge in [0.25, 0.3) is 0 Å². The fourth-order valence-corrected chi connectivity index (χ4v) is 4.80. The van der Waals surface area contributed by atoms with Crippen molar-refractivity contribution in [1.29, 1.82) is 0 Å². The molecule has 1 fully saturated rings. The predicted molar refractivity (Wildman–Crippen MR) is 126 cm³/mol. The lowest BCUT2D eigenvalue weighted by molar-refractivity contribution is -0.127. The van der Waals surface area contributed by atoms with Crippen molar-refractivity contribution in [3.05, 3.63) is 60.4 Å². The molecule has 1 heterocycles. The molecule has 34 heavy (non-hydrogen) atoms. The van der Waals surface area contributed by atoms with Crippen molar-refractivity contribution in [1.82, 2.24) is 10.0 Å². The molecule has 2 amide bonds. The molecule has 0 saturated carbocycles. The van der Waals surface area contributed by atoms with Crippen molar-refractivity contribution in [2.75, 3.05) is 24.6 Å². The van der Waals surface area contributed by atoms with E-state index in [4.69, 9.17) is 4.74 Å². The average Bonchev–Trinajstić information content (AvgIpc) is 3.34. The number of para-hydroxylation sites is 1. The van der Waals surface area contributed by atoms with E-state index in [9.17, 15) is 22.4 Å². The monoisotopic (exact) mass is 491 g/mol. The number of carbonyl (C=O) groups is 2. The van der Waals surface area contributed by atoms with E-state index in [1.54, 1.807) is 30.3 Å². The molecule has 8 nitrogen and oxygen atoms in total. The van der Waals surface area contributed by atoms with Crippen LogP contribution in [0.5, 0.6) is 0 Å². The molecule has 0 bridgehead atoms. The van der Waals surface area contributed by atoms with Gasteiger partial charge in [0.15, 0.2) is 0 Å². The predicted octanol–water partition coefficient (Wildman–Crippen LogP) is 2.46. The van der Waals surface area contributed by atoms with Crippen LogP contribution in [0.1, 0.15) is 26.7 Å². The summed E-state index contributed by atoms with van der Waals surface area (Å²) in [7, 11) is -4.06. The molecule has 0 aromatic heterocycles. The van der Waals surface area contributed by atoms with Crippen molar-refractivity contribution in [2.24, 2.45) is 5.92 Å². The Kier molecular flexibility index (Phi) is 8.76. The minimum atomic E-state index is -4.06. The van der Waals surface area contributed by atoms with Crippen LogP contribution in [0.3, 0.4) is 0 Å². The standard InChI is InChI=1S/C24H30FN3O5S/c1-17(2)23(24(30)26-15-20-9-6-14-33-20)28(19-7-4-3-5-8-19)22(29)16-27-34(31,32)21-12-10-18(25)11-13-21/h3-5,7-8,10-13,17,20,23,27H,6,9,14-16H2,1-2H3,(H,26,30)/t20-,23-/m0/s1. The van der Waals surface area contributed by atoms with Crippen LogP contribution in [0.4, 0.5) is 10.1 Å². The van der Waals surface area contributed by atoms with Crippen molar-refractivity contribution >= 4 is 27.5 Å². The number of nitrogens with zero attached hydrogens (tertiary/aromatic N) is 1. The Labute approximate surface area is 199 Å². The molecule has 1 aliphatic rings. The Morgan fingerprint density at radius 1 is 1.12 bits per heavy atom. The summed E-state index contributed by atoms with van der Waals surface area (Å²) in [4.78, 5) is 27.7. The molecule has 0 aliphatic carbocycles. The summed E-state index contributed by atoms with van der Waals surface area (Å²) in [5.74, 6) is -1.77. The van der Waals surface area contributed by atoms with Gasteiger partial charge < -0.3 is 10.1 Å². The normalized spacial score (nSPS) is 16.9. The van der Waals surface area contributed by atoms with Gasteiger partial charge in [0, 0.05) is 18.8 Å². The molecule has 1 saturated heterocycles. The average molecular weight is 492 g/mol. The van der Waals surface area contributed by atoms with Gasteiger partial charge >= 0.3 is 0 Å². The third-order valence-electron chi connectivity index (χ3n) is 5.55. The van der Waals surface area contributed by atoms with Crippen LogP contribution in [0, 0.1) is 11.7 Å². The van der Waals surface area contributed by atoms with Crippen LogP contribution in [-0.4, -0.2) is 52.1 Å². The van der Waals surface area contributed by atoms with Gasteiger partial charge in [-0.1, -0.05) is 32.0 Å². The Morgan fingerprint density at radius 2 is 1.79 bits per heavy atom. The third kappa shape index (κ3) is 6.62. The molecule has 3 rings (SSSR count). The largest absolute Gasteiger partial charge is 0.376 e. The number of hydrogen-bond donors (Lipinski definition) is 2. The van der Waals surface area contributed by atoms with E-state index in [1.807, 2.05) is 13.8 Å². The second-order valence-corrected chi connectivity index (χ2v) is 10.2. The first kappa shape index (κ1) is 25.8. The maximum atomic E-state index is 13.3. The minimum Gasteiger partial charge on any atom is -0.376 e. The highest BCUT2D eigenvalue weighted by molar-refractivity contribution is 7.89. The number of sulfonamides is 1. The van der Waals surface area contributed by atoms with Gasteiger partial charge in [-0.15, -0.1) is 0 Å². The number of hydrogen-bond acceptors (Lipinski definition) is 5. The topological polar surface area (TPSA) is 105 Å². The molecule has 2 N–H and O–H groups in total. The molecule has 2 atom stereocenters. The molecular formula is C24H30FN3O5S.